The van der Waals surface area contributed by atoms with Gasteiger partial charge in [-0.15, -0.1) is 23.1 Å². The van der Waals surface area contributed by atoms with Gasteiger partial charge in [-0.3, -0.25) is 24.1 Å². The van der Waals surface area contributed by atoms with Crippen molar-refractivity contribution in [1.82, 2.24) is 15.2 Å². The molecule has 2 unspecified atom stereocenters. The number of thiazole rings is 1. The van der Waals surface area contributed by atoms with Gasteiger partial charge >= 0.3 is 17.9 Å². The fourth-order valence-corrected chi connectivity index (χ4v) is 5.09. The summed E-state index contributed by atoms with van der Waals surface area (Å²) in [5.74, 6) is -4.44. The van der Waals surface area contributed by atoms with E-state index >= 15 is 0 Å². The molecule has 2 aliphatic rings. The summed E-state index contributed by atoms with van der Waals surface area (Å²) < 4.78 is 4.88. The van der Waals surface area contributed by atoms with Crippen LogP contribution in [0.3, 0.4) is 0 Å². The Hall–Kier alpha value is -3.66. The van der Waals surface area contributed by atoms with E-state index in [1.807, 2.05) is 0 Å². The van der Waals surface area contributed by atoms with Crippen molar-refractivity contribution in [2.75, 3.05) is 18.1 Å². The molecule has 0 spiro atoms. The number of esters is 1. The van der Waals surface area contributed by atoms with Gasteiger partial charge in [0.1, 0.15) is 35.5 Å². The molecule has 0 radical (unpaired) electrons. The van der Waals surface area contributed by atoms with E-state index in [0.717, 1.165) is 16.2 Å². The van der Waals surface area contributed by atoms with E-state index in [-0.39, 0.29) is 46.6 Å². The number of ether oxygens (including phenoxy) is 1. The molecule has 14 nitrogen and oxygen atoms in total. The maximum atomic E-state index is 13.0. The van der Waals surface area contributed by atoms with Crippen molar-refractivity contribution in [1.29, 1.82) is 0 Å². The van der Waals surface area contributed by atoms with Crippen LogP contribution in [0.15, 0.2) is 21.8 Å². The van der Waals surface area contributed by atoms with Crippen LogP contribution in [0.5, 0.6) is 0 Å². The number of nitrogens with zero attached hydrogens (tertiary/aromatic N) is 3. The SMILES string of the molecule is CC(=O)OCC1=C(C(=O)O)N2C(=O)C(NC(=O)C(=NOC(C)CC(=O)O)c3csc(N)n3)[C@@H]2SC1. The number of nitrogens with one attached hydrogen (secondary N) is 1. The lowest BCUT2D eigenvalue weighted by molar-refractivity contribution is -0.150. The molecule has 1 fully saturated rings. The largest absolute Gasteiger partial charge is 0.481 e. The number of amides is 2. The molecule has 0 aromatic carbocycles. The van der Waals surface area contributed by atoms with E-state index < -0.39 is 47.2 Å². The number of rotatable bonds is 10. The van der Waals surface area contributed by atoms with Crippen LogP contribution < -0.4 is 11.1 Å². The summed E-state index contributed by atoms with van der Waals surface area (Å²) in [4.78, 5) is 69.7. The van der Waals surface area contributed by atoms with Gasteiger partial charge in [-0.05, 0) is 6.92 Å². The summed E-state index contributed by atoms with van der Waals surface area (Å²) in [6.45, 7) is 2.36. The van der Waals surface area contributed by atoms with Crippen molar-refractivity contribution >= 4 is 63.7 Å². The van der Waals surface area contributed by atoms with E-state index in [1.54, 1.807) is 0 Å². The Morgan fingerprint density at radius 1 is 1.37 bits per heavy atom. The number of aromatic nitrogens is 1. The van der Waals surface area contributed by atoms with Gasteiger partial charge in [0.2, 0.25) is 0 Å². The van der Waals surface area contributed by atoms with Gasteiger partial charge in [0.15, 0.2) is 10.8 Å². The third-order valence-corrected chi connectivity index (χ3v) is 6.77. The standard InChI is InChI=1S/C19H21N5O9S2/c1-7(3-11(26)27)33-23-12(10-6-35-19(20)21-10)15(28)22-13-16(29)24-14(18(30)31)9(4-32-8(2)25)5-34-17(13)24/h6-7,13,17H,3-5H2,1-2H3,(H2,20,21)(H,22,28)(H,26,27)(H,30,31)/t7?,13?,17-/m0/s1. The second-order valence-electron chi connectivity index (χ2n) is 7.42. The van der Waals surface area contributed by atoms with Crippen LogP contribution in [0.1, 0.15) is 26.0 Å². The van der Waals surface area contributed by atoms with E-state index in [0.29, 0.717) is 0 Å². The molecule has 1 aromatic heterocycles. The van der Waals surface area contributed by atoms with Crippen molar-refractivity contribution in [2.24, 2.45) is 5.16 Å². The highest BCUT2D eigenvalue weighted by molar-refractivity contribution is 8.00. The second-order valence-corrected chi connectivity index (χ2v) is 9.42. The molecule has 5 N–H and O–H groups in total. The molecule has 1 saturated heterocycles. The summed E-state index contributed by atoms with van der Waals surface area (Å²) in [7, 11) is 0. The number of fused-ring (bicyclic) bond motifs is 1. The molecule has 0 aliphatic carbocycles. The molecule has 188 valence electrons. The molecule has 0 bridgehead atoms. The maximum Gasteiger partial charge on any atom is 0.352 e. The summed E-state index contributed by atoms with van der Waals surface area (Å²) in [5.41, 5.74) is 5.33. The van der Waals surface area contributed by atoms with Crippen molar-refractivity contribution in [2.45, 2.75) is 37.8 Å². The average Bonchev–Trinajstić information content (AvgIpc) is 3.20. The quantitative estimate of drug-likeness (QED) is 0.133. The molecule has 3 rings (SSSR count). The van der Waals surface area contributed by atoms with E-state index in [4.69, 9.17) is 20.4 Å². The van der Waals surface area contributed by atoms with Gasteiger partial charge in [0.25, 0.3) is 11.8 Å². The molecular weight excluding hydrogens is 506 g/mol. The Kier molecular flexibility index (Phi) is 7.96. The van der Waals surface area contributed by atoms with Crippen LogP contribution in [-0.2, 0) is 33.5 Å². The Bertz CT molecular complexity index is 1130. The first-order valence-corrected chi connectivity index (χ1v) is 11.9. The van der Waals surface area contributed by atoms with Crippen LogP contribution in [0.25, 0.3) is 0 Å². The summed E-state index contributed by atoms with van der Waals surface area (Å²) in [6, 6.07) is -1.07. The first-order chi connectivity index (χ1) is 16.5. The van der Waals surface area contributed by atoms with Crippen molar-refractivity contribution in [3.8, 4) is 0 Å². The number of carboxylic acid groups (broad SMARTS) is 2. The lowest BCUT2D eigenvalue weighted by Gasteiger charge is -2.49. The van der Waals surface area contributed by atoms with Crippen LogP contribution in [0.2, 0.25) is 0 Å². The number of oxime groups is 1. The molecular formula is C19H21N5O9S2. The van der Waals surface area contributed by atoms with E-state index in [1.165, 1.54) is 31.0 Å². The van der Waals surface area contributed by atoms with Crippen LogP contribution >= 0.6 is 23.1 Å². The highest BCUT2D eigenvalue weighted by Gasteiger charge is 2.54. The fraction of sp³-hybridized carbons (Fsp3) is 0.421. The molecule has 3 heterocycles. The number of aliphatic carboxylic acids is 2. The lowest BCUT2D eigenvalue weighted by Crippen LogP contribution is -2.71. The molecule has 0 saturated carbocycles. The zero-order valence-corrected chi connectivity index (χ0v) is 20.1. The van der Waals surface area contributed by atoms with Crippen molar-refractivity contribution in [3.63, 3.8) is 0 Å². The zero-order chi connectivity index (χ0) is 25.9. The number of nitrogen functional groups attached to an aromatic ring is 1. The van der Waals surface area contributed by atoms with Gasteiger partial charge in [0, 0.05) is 23.6 Å². The minimum Gasteiger partial charge on any atom is -0.481 e. The first kappa shape index (κ1) is 26.0. The van der Waals surface area contributed by atoms with Gasteiger partial charge in [-0.25, -0.2) is 9.78 Å². The minimum absolute atomic E-state index is 0.0576. The van der Waals surface area contributed by atoms with Gasteiger partial charge in [0.05, 0.1) is 6.42 Å². The molecule has 1 aromatic rings. The normalized spacial score (nSPS) is 20.5. The van der Waals surface area contributed by atoms with Gasteiger partial charge in [-0.1, -0.05) is 5.16 Å². The number of anilines is 1. The number of carbonyl (C=O) groups is 5. The molecule has 2 aliphatic heterocycles. The zero-order valence-electron chi connectivity index (χ0n) is 18.4. The molecule has 3 atom stereocenters. The van der Waals surface area contributed by atoms with Crippen LogP contribution in [0, 0.1) is 0 Å². The summed E-state index contributed by atoms with van der Waals surface area (Å²) in [6.07, 6.45) is -1.23. The highest BCUT2D eigenvalue weighted by Crippen LogP contribution is 2.40. The highest BCUT2D eigenvalue weighted by atomic mass is 32.2. The maximum absolute atomic E-state index is 13.0. The summed E-state index contributed by atoms with van der Waals surface area (Å²) >= 11 is 2.22. The third-order valence-electron chi connectivity index (χ3n) is 4.75. The number of hydrogen-bond acceptors (Lipinski definition) is 12. The number of hydrogen-bond donors (Lipinski definition) is 4. The topological polar surface area (TPSA) is 211 Å². The Morgan fingerprint density at radius 2 is 2.09 bits per heavy atom. The van der Waals surface area contributed by atoms with Crippen LogP contribution in [0.4, 0.5) is 5.13 Å². The van der Waals surface area contributed by atoms with Crippen LogP contribution in [-0.4, -0.2) is 85.4 Å². The number of thioether (sulfide) groups is 1. The van der Waals surface area contributed by atoms with Crippen molar-refractivity contribution < 1.29 is 43.8 Å². The Balaban J connectivity index is 1.78. The number of carboxylic acids is 2. The lowest BCUT2D eigenvalue weighted by atomic mass is 10.0. The number of carbonyl (C=O) groups excluding carboxylic acids is 3. The molecule has 2 amide bonds. The predicted molar refractivity (Wildman–Crippen MR) is 122 cm³/mol. The number of nitrogens with two attached hydrogens (primary N) is 1. The monoisotopic (exact) mass is 527 g/mol. The minimum atomic E-state index is -1.36. The second kappa shape index (κ2) is 10.7. The van der Waals surface area contributed by atoms with Gasteiger partial charge in [-0.2, -0.15) is 0 Å². The Morgan fingerprint density at radius 3 is 2.66 bits per heavy atom. The fourth-order valence-electron chi connectivity index (χ4n) is 3.22. The van der Waals surface area contributed by atoms with E-state index in [2.05, 4.69) is 15.5 Å². The first-order valence-electron chi connectivity index (χ1n) is 10.0. The molecule has 35 heavy (non-hydrogen) atoms. The smallest absolute Gasteiger partial charge is 0.352 e. The van der Waals surface area contributed by atoms with Gasteiger partial charge < -0.3 is 30.8 Å². The third kappa shape index (κ3) is 5.89. The summed E-state index contributed by atoms with van der Waals surface area (Å²) in [5, 5.41) is 25.6. The average molecular weight is 528 g/mol. The molecule has 16 heteroatoms. The number of β-lactam (4-membered cyclic amide) rings is 1. The Labute approximate surface area is 206 Å². The van der Waals surface area contributed by atoms with Crippen molar-refractivity contribution in [3.05, 3.63) is 22.3 Å². The predicted octanol–water partition coefficient (Wildman–Crippen LogP) is -0.389. The van der Waals surface area contributed by atoms with E-state index in [9.17, 15) is 29.1 Å².